The van der Waals surface area contributed by atoms with Crippen LogP contribution in [0.2, 0.25) is 0 Å². The molecule has 0 spiro atoms. The molecular formula is C13H12BrFN2O. The van der Waals surface area contributed by atoms with Crippen LogP contribution < -0.4 is 10.1 Å². The lowest BCUT2D eigenvalue weighted by molar-refractivity contribution is 0.302. The van der Waals surface area contributed by atoms with Crippen molar-refractivity contribution in [3.63, 3.8) is 0 Å². The molecule has 3 nitrogen and oxygen atoms in total. The van der Waals surface area contributed by atoms with E-state index < -0.39 is 0 Å². The molecule has 0 aliphatic carbocycles. The molecule has 0 fully saturated rings. The maximum Gasteiger partial charge on any atom is 0.136 e. The van der Waals surface area contributed by atoms with Crippen molar-refractivity contribution >= 4 is 21.7 Å². The Morgan fingerprint density at radius 3 is 2.83 bits per heavy atom. The lowest BCUT2D eigenvalue weighted by Crippen LogP contribution is -1.98. The molecule has 1 N–H and O–H groups in total. The fourth-order valence-electron chi connectivity index (χ4n) is 1.41. The molecule has 0 saturated heterocycles. The van der Waals surface area contributed by atoms with E-state index in [4.69, 9.17) is 4.74 Å². The number of hydrogen-bond acceptors (Lipinski definition) is 3. The van der Waals surface area contributed by atoms with Crippen molar-refractivity contribution in [1.82, 2.24) is 4.98 Å². The van der Waals surface area contributed by atoms with Gasteiger partial charge in [-0.05, 0) is 34.1 Å². The number of anilines is 1. The van der Waals surface area contributed by atoms with Gasteiger partial charge in [0.2, 0.25) is 0 Å². The number of rotatable bonds is 4. The molecule has 2 rings (SSSR count). The zero-order valence-electron chi connectivity index (χ0n) is 9.78. The zero-order chi connectivity index (χ0) is 13.0. The van der Waals surface area contributed by atoms with Crippen molar-refractivity contribution in [3.8, 4) is 5.75 Å². The van der Waals surface area contributed by atoms with Gasteiger partial charge >= 0.3 is 0 Å². The molecule has 1 aromatic carbocycles. The summed E-state index contributed by atoms with van der Waals surface area (Å²) in [5, 5.41) is 2.94. The summed E-state index contributed by atoms with van der Waals surface area (Å²) >= 11 is 3.31. The summed E-state index contributed by atoms with van der Waals surface area (Å²) in [7, 11) is 1.81. The first kappa shape index (κ1) is 12.8. The predicted octanol–water partition coefficient (Wildman–Crippen LogP) is 3.60. The van der Waals surface area contributed by atoms with Gasteiger partial charge in [-0.25, -0.2) is 9.37 Å². The molecular weight excluding hydrogens is 299 g/mol. The van der Waals surface area contributed by atoms with E-state index in [1.165, 1.54) is 12.1 Å². The van der Waals surface area contributed by atoms with Crippen LogP contribution in [0.4, 0.5) is 10.2 Å². The first-order valence-corrected chi connectivity index (χ1v) is 6.19. The second-order valence-electron chi connectivity index (χ2n) is 3.67. The summed E-state index contributed by atoms with van der Waals surface area (Å²) in [6.45, 7) is 0.346. The Balaban J connectivity index is 2.04. The van der Waals surface area contributed by atoms with Gasteiger partial charge in [-0.1, -0.05) is 6.07 Å². The molecule has 94 valence electrons. The molecule has 0 bridgehead atoms. The van der Waals surface area contributed by atoms with Crippen LogP contribution in [-0.2, 0) is 6.61 Å². The first-order chi connectivity index (χ1) is 8.69. The van der Waals surface area contributed by atoms with Gasteiger partial charge in [-0.15, -0.1) is 0 Å². The van der Waals surface area contributed by atoms with Crippen LogP contribution >= 0.6 is 15.9 Å². The van der Waals surface area contributed by atoms with Gasteiger partial charge in [-0.2, -0.15) is 0 Å². The summed E-state index contributed by atoms with van der Waals surface area (Å²) in [6.07, 6.45) is 1.72. The number of nitrogens with zero attached hydrogens (tertiary/aromatic N) is 1. The molecule has 0 saturated carbocycles. The normalized spacial score (nSPS) is 10.2. The largest absolute Gasteiger partial charge is 0.488 e. The lowest BCUT2D eigenvalue weighted by Gasteiger charge is -2.08. The minimum atomic E-state index is -0.322. The van der Waals surface area contributed by atoms with Crippen LogP contribution in [-0.4, -0.2) is 12.0 Å². The molecule has 0 amide bonds. The maximum atomic E-state index is 13.1. The minimum absolute atomic E-state index is 0.322. The van der Waals surface area contributed by atoms with Crippen molar-refractivity contribution in [1.29, 1.82) is 0 Å². The molecule has 18 heavy (non-hydrogen) atoms. The van der Waals surface area contributed by atoms with Gasteiger partial charge in [0, 0.05) is 24.9 Å². The van der Waals surface area contributed by atoms with E-state index in [0.29, 0.717) is 12.4 Å². The molecule has 0 radical (unpaired) electrons. The predicted molar refractivity (Wildman–Crippen MR) is 72.2 cm³/mol. The fourth-order valence-corrected chi connectivity index (χ4v) is 1.77. The van der Waals surface area contributed by atoms with Crippen molar-refractivity contribution in [3.05, 3.63) is 52.4 Å². The zero-order valence-corrected chi connectivity index (χ0v) is 11.4. The van der Waals surface area contributed by atoms with E-state index in [0.717, 1.165) is 15.9 Å². The Bertz CT molecular complexity index is 531. The monoisotopic (exact) mass is 310 g/mol. The van der Waals surface area contributed by atoms with Gasteiger partial charge in [0.05, 0.1) is 4.47 Å². The number of benzene rings is 1. The molecule has 0 atom stereocenters. The average Bonchev–Trinajstić information content (AvgIpc) is 2.40. The third-order valence-corrected chi connectivity index (χ3v) is 3.02. The Kier molecular flexibility index (Phi) is 4.15. The number of nitrogens with one attached hydrogen (secondary N) is 1. The van der Waals surface area contributed by atoms with E-state index in [1.807, 2.05) is 19.2 Å². The number of aromatic nitrogens is 1. The van der Waals surface area contributed by atoms with Crippen LogP contribution in [0, 0.1) is 5.82 Å². The Morgan fingerprint density at radius 2 is 2.17 bits per heavy atom. The van der Waals surface area contributed by atoms with E-state index >= 15 is 0 Å². The molecule has 1 aromatic heterocycles. The molecule has 0 aliphatic heterocycles. The Morgan fingerprint density at radius 1 is 1.33 bits per heavy atom. The maximum absolute atomic E-state index is 13.1. The number of pyridine rings is 1. The second kappa shape index (κ2) is 5.82. The quantitative estimate of drug-likeness (QED) is 0.937. The molecule has 1 heterocycles. The van der Waals surface area contributed by atoms with Crippen LogP contribution in [0.5, 0.6) is 5.75 Å². The van der Waals surface area contributed by atoms with Crippen LogP contribution in [0.1, 0.15) is 5.56 Å². The topological polar surface area (TPSA) is 34.1 Å². The van der Waals surface area contributed by atoms with Crippen LogP contribution in [0.3, 0.4) is 0 Å². The standard InChI is InChI=1S/C13H12BrFN2O/c1-16-13-5-2-9(7-17-13)8-18-12-6-10(15)3-4-11(12)14/h2-7H,8H2,1H3,(H,16,17). The van der Waals surface area contributed by atoms with E-state index in [9.17, 15) is 4.39 Å². The summed E-state index contributed by atoms with van der Waals surface area (Å²) in [5.74, 6) is 0.954. The van der Waals surface area contributed by atoms with Crippen molar-refractivity contribution < 1.29 is 9.13 Å². The van der Waals surface area contributed by atoms with Crippen molar-refractivity contribution in [2.45, 2.75) is 6.61 Å². The molecule has 0 aliphatic rings. The second-order valence-corrected chi connectivity index (χ2v) is 4.52. The number of hydrogen-bond donors (Lipinski definition) is 1. The van der Waals surface area contributed by atoms with Gasteiger partial charge in [0.1, 0.15) is 24.0 Å². The van der Waals surface area contributed by atoms with Gasteiger partial charge in [-0.3, -0.25) is 0 Å². The summed E-state index contributed by atoms with van der Waals surface area (Å²) in [6, 6.07) is 8.11. The smallest absolute Gasteiger partial charge is 0.136 e. The van der Waals surface area contributed by atoms with Gasteiger partial charge in [0.15, 0.2) is 0 Å². The van der Waals surface area contributed by atoms with Gasteiger partial charge < -0.3 is 10.1 Å². The summed E-state index contributed by atoms with van der Waals surface area (Å²) in [4.78, 5) is 4.17. The third kappa shape index (κ3) is 3.20. The number of halogens is 2. The fraction of sp³-hybridized carbons (Fsp3) is 0.154. The van der Waals surface area contributed by atoms with Crippen LogP contribution in [0.15, 0.2) is 41.0 Å². The Labute approximate surface area is 113 Å². The SMILES string of the molecule is CNc1ccc(COc2cc(F)ccc2Br)cn1. The minimum Gasteiger partial charge on any atom is -0.488 e. The highest BCUT2D eigenvalue weighted by atomic mass is 79.9. The lowest BCUT2D eigenvalue weighted by atomic mass is 10.3. The first-order valence-electron chi connectivity index (χ1n) is 5.39. The van der Waals surface area contributed by atoms with E-state index in [2.05, 4.69) is 26.2 Å². The summed E-state index contributed by atoms with van der Waals surface area (Å²) < 4.78 is 19.3. The Hall–Kier alpha value is -1.62. The molecule has 5 heteroatoms. The number of ether oxygens (including phenoxy) is 1. The highest BCUT2D eigenvalue weighted by molar-refractivity contribution is 9.10. The highest BCUT2D eigenvalue weighted by Crippen LogP contribution is 2.26. The van der Waals surface area contributed by atoms with Gasteiger partial charge in [0.25, 0.3) is 0 Å². The molecule has 0 unspecified atom stereocenters. The summed E-state index contributed by atoms with van der Waals surface area (Å²) in [5.41, 5.74) is 0.921. The molecule has 2 aromatic rings. The highest BCUT2D eigenvalue weighted by Gasteiger charge is 2.03. The van der Waals surface area contributed by atoms with Crippen LogP contribution in [0.25, 0.3) is 0 Å². The third-order valence-electron chi connectivity index (χ3n) is 2.37. The van der Waals surface area contributed by atoms with Crippen molar-refractivity contribution in [2.75, 3.05) is 12.4 Å². The van der Waals surface area contributed by atoms with E-state index in [1.54, 1.807) is 12.3 Å². The van der Waals surface area contributed by atoms with Crippen molar-refractivity contribution in [2.24, 2.45) is 0 Å². The average molecular weight is 311 g/mol. The van der Waals surface area contributed by atoms with E-state index in [-0.39, 0.29) is 5.82 Å².